The second-order valence-electron chi connectivity index (χ2n) is 9.52. The summed E-state index contributed by atoms with van der Waals surface area (Å²) in [6, 6.07) is 15.4. The molecular weight excluding hydrogens is 436 g/mol. The number of fused-ring (bicyclic) bond motifs is 3. The van der Waals surface area contributed by atoms with Gasteiger partial charge in [-0.25, -0.2) is 9.59 Å². The van der Waals surface area contributed by atoms with Gasteiger partial charge in [-0.1, -0.05) is 62.4 Å². The fraction of sp³-hybridized carbons (Fsp3) is 0.423. The number of ether oxygens (including phenoxy) is 2. The Balaban J connectivity index is 1.35. The topological polar surface area (TPSA) is 105 Å². The molecule has 8 nitrogen and oxygen atoms in total. The molecular formula is C26H30N2O6. The van der Waals surface area contributed by atoms with Crippen molar-refractivity contribution in [1.82, 2.24) is 10.2 Å². The highest BCUT2D eigenvalue weighted by Gasteiger charge is 2.45. The van der Waals surface area contributed by atoms with Gasteiger partial charge < -0.3 is 24.8 Å². The van der Waals surface area contributed by atoms with Gasteiger partial charge in [0.2, 0.25) is 5.91 Å². The lowest BCUT2D eigenvalue weighted by Gasteiger charge is -2.48. The molecule has 1 aliphatic heterocycles. The SMILES string of the molecule is CC(C)[C@H](NC(=O)OCC1c2ccccc2-c2ccccc21)C(=O)N1CC(C)(OCC(=O)O)C1. The van der Waals surface area contributed by atoms with E-state index in [0.717, 1.165) is 22.3 Å². The largest absolute Gasteiger partial charge is 0.480 e. The molecule has 1 saturated heterocycles. The van der Waals surface area contributed by atoms with Crippen molar-refractivity contribution in [3.05, 3.63) is 59.7 Å². The molecule has 4 rings (SSSR count). The van der Waals surface area contributed by atoms with Crippen molar-refractivity contribution in [2.75, 3.05) is 26.3 Å². The van der Waals surface area contributed by atoms with Gasteiger partial charge in [0.1, 0.15) is 24.9 Å². The van der Waals surface area contributed by atoms with Crippen molar-refractivity contribution in [1.29, 1.82) is 0 Å². The maximum Gasteiger partial charge on any atom is 0.407 e. The van der Waals surface area contributed by atoms with E-state index in [1.54, 1.807) is 11.8 Å². The molecule has 0 saturated carbocycles. The Bertz CT molecular complexity index is 1050. The van der Waals surface area contributed by atoms with Crippen LogP contribution in [0, 0.1) is 5.92 Å². The van der Waals surface area contributed by atoms with E-state index in [0.29, 0.717) is 0 Å². The van der Waals surface area contributed by atoms with E-state index in [4.69, 9.17) is 14.6 Å². The summed E-state index contributed by atoms with van der Waals surface area (Å²) in [5.74, 6) is -1.50. The number of carbonyl (C=O) groups excluding carboxylic acids is 2. The number of carboxylic acids is 1. The molecule has 1 heterocycles. The summed E-state index contributed by atoms with van der Waals surface area (Å²) in [6.07, 6.45) is -0.640. The van der Waals surface area contributed by atoms with Crippen molar-refractivity contribution in [2.45, 2.75) is 38.3 Å². The fourth-order valence-corrected chi connectivity index (χ4v) is 4.72. The number of nitrogens with one attached hydrogen (secondary N) is 1. The first-order valence-electron chi connectivity index (χ1n) is 11.4. The number of benzene rings is 2. The third kappa shape index (κ3) is 4.77. The molecule has 1 atom stereocenters. The zero-order chi connectivity index (χ0) is 24.5. The molecule has 0 spiro atoms. The van der Waals surface area contributed by atoms with E-state index >= 15 is 0 Å². The van der Waals surface area contributed by atoms with Crippen molar-refractivity contribution >= 4 is 18.0 Å². The second-order valence-corrected chi connectivity index (χ2v) is 9.52. The van der Waals surface area contributed by atoms with Crippen LogP contribution in [0.1, 0.15) is 37.8 Å². The van der Waals surface area contributed by atoms with Gasteiger partial charge in [0.15, 0.2) is 0 Å². The van der Waals surface area contributed by atoms with Crippen molar-refractivity contribution in [3.8, 4) is 11.1 Å². The molecule has 2 aromatic rings. The number of carbonyl (C=O) groups is 3. The van der Waals surface area contributed by atoms with Gasteiger partial charge in [0.05, 0.1) is 13.1 Å². The minimum absolute atomic E-state index is 0.0613. The molecule has 2 amide bonds. The number of hydrogen-bond acceptors (Lipinski definition) is 5. The summed E-state index contributed by atoms with van der Waals surface area (Å²) >= 11 is 0. The Labute approximate surface area is 198 Å². The smallest absolute Gasteiger partial charge is 0.407 e. The maximum absolute atomic E-state index is 13.0. The molecule has 2 aromatic carbocycles. The van der Waals surface area contributed by atoms with Crippen LogP contribution in [0.3, 0.4) is 0 Å². The number of amides is 2. The third-order valence-electron chi connectivity index (χ3n) is 6.46. The number of rotatable bonds is 8. The second kappa shape index (κ2) is 9.46. The summed E-state index contributed by atoms with van der Waals surface area (Å²) in [7, 11) is 0. The van der Waals surface area contributed by atoms with Crippen LogP contribution < -0.4 is 5.32 Å². The van der Waals surface area contributed by atoms with Crippen LogP contribution in [0.25, 0.3) is 11.1 Å². The summed E-state index contributed by atoms with van der Waals surface area (Å²) < 4.78 is 11.0. The van der Waals surface area contributed by atoms with Crippen LogP contribution in [0.15, 0.2) is 48.5 Å². The number of carboxylic acid groups (broad SMARTS) is 1. The number of aliphatic carboxylic acids is 1. The molecule has 2 aliphatic rings. The fourth-order valence-electron chi connectivity index (χ4n) is 4.72. The zero-order valence-corrected chi connectivity index (χ0v) is 19.6. The van der Waals surface area contributed by atoms with Gasteiger partial charge in [-0.3, -0.25) is 4.79 Å². The minimum Gasteiger partial charge on any atom is -0.480 e. The Kier molecular flexibility index (Phi) is 6.61. The van der Waals surface area contributed by atoms with Gasteiger partial charge in [-0.2, -0.15) is 0 Å². The van der Waals surface area contributed by atoms with Crippen LogP contribution >= 0.6 is 0 Å². The van der Waals surface area contributed by atoms with E-state index in [-0.39, 0.29) is 37.4 Å². The Hall–Kier alpha value is -3.39. The van der Waals surface area contributed by atoms with E-state index in [9.17, 15) is 14.4 Å². The highest BCUT2D eigenvalue weighted by Crippen LogP contribution is 2.44. The third-order valence-corrected chi connectivity index (χ3v) is 6.46. The van der Waals surface area contributed by atoms with E-state index < -0.39 is 30.3 Å². The summed E-state index contributed by atoms with van der Waals surface area (Å²) in [5, 5.41) is 11.5. The molecule has 0 radical (unpaired) electrons. The number of nitrogens with zero attached hydrogens (tertiary/aromatic N) is 1. The molecule has 1 aliphatic carbocycles. The maximum atomic E-state index is 13.0. The normalized spacial score (nSPS) is 16.9. The molecule has 0 aromatic heterocycles. The molecule has 2 N–H and O–H groups in total. The van der Waals surface area contributed by atoms with E-state index in [1.165, 1.54) is 0 Å². The molecule has 0 unspecified atom stereocenters. The first kappa shape index (κ1) is 23.8. The monoisotopic (exact) mass is 466 g/mol. The van der Waals surface area contributed by atoms with Gasteiger partial charge >= 0.3 is 12.1 Å². The Morgan fingerprint density at radius 2 is 1.62 bits per heavy atom. The summed E-state index contributed by atoms with van der Waals surface area (Å²) in [4.78, 5) is 38.0. The van der Waals surface area contributed by atoms with Crippen molar-refractivity contribution in [3.63, 3.8) is 0 Å². The highest BCUT2D eigenvalue weighted by molar-refractivity contribution is 5.87. The molecule has 8 heteroatoms. The lowest BCUT2D eigenvalue weighted by molar-refractivity contribution is -0.175. The van der Waals surface area contributed by atoms with Crippen molar-refractivity contribution in [2.24, 2.45) is 5.92 Å². The quantitative estimate of drug-likeness (QED) is 0.619. The minimum atomic E-state index is -1.05. The zero-order valence-electron chi connectivity index (χ0n) is 19.6. The first-order valence-corrected chi connectivity index (χ1v) is 11.4. The first-order chi connectivity index (χ1) is 16.2. The Morgan fingerprint density at radius 1 is 1.06 bits per heavy atom. The number of alkyl carbamates (subject to hydrolysis) is 1. The number of likely N-dealkylation sites (tertiary alicyclic amines) is 1. The average molecular weight is 467 g/mol. The number of hydrogen-bond donors (Lipinski definition) is 2. The van der Waals surface area contributed by atoms with E-state index in [1.807, 2.05) is 38.1 Å². The van der Waals surface area contributed by atoms with Gasteiger partial charge in [0.25, 0.3) is 0 Å². The van der Waals surface area contributed by atoms with E-state index in [2.05, 4.69) is 29.6 Å². The van der Waals surface area contributed by atoms with Crippen molar-refractivity contribution < 1.29 is 29.0 Å². The molecule has 34 heavy (non-hydrogen) atoms. The van der Waals surface area contributed by atoms with Crippen LogP contribution in [0.5, 0.6) is 0 Å². The standard InChI is InChI=1S/C26H30N2O6/c1-16(2)23(24(31)28-14-26(3,15-28)34-13-22(29)30)27-25(32)33-12-21-19-10-6-4-8-17(19)18-9-5-7-11-20(18)21/h4-11,16,21,23H,12-15H2,1-3H3,(H,27,32)(H,29,30)/t23-/m0/s1. The lowest BCUT2D eigenvalue weighted by atomic mass is 9.93. The van der Waals surface area contributed by atoms with Gasteiger partial charge in [-0.15, -0.1) is 0 Å². The summed E-state index contributed by atoms with van der Waals surface area (Å²) in [6.45, 7) is 5.78. The predicted octanol–water partition coefficient (Wildman–Crippen LogP) is 3.25. The summed E-state index contributed by atoms with van der Waals surface area (Å²) in [5.41, 5.74) is 3.84. The molecule has 0 bridgehead atoms. The lowest BCUT2D eigenvalue weighted by Crippen LogP contribution is -2.67. The highest BCUT2D eigenvalue weighted by atomic mass is 16.5. The van der Waals surface area contributed by atoms with Crippen LogP contribution in [0.4, 0.5) is 4.79 Å². The molecule has 180 valence electrons. The van der Waals surface area contributed by atoms with Crippen LogP contribution in [-0.4, -0.2) is 65.9 Å². The predicted molar refractivity (Wildman–Crippen MR) is 125 cm³/mol. The van der Waals surface area contributed by atoms with Gasteiger partial charge in [-0.05, 0) is 35.1 Å². The Morgan fingerprint density at radius 3 is 2.15 bits per heavy atom. The van der Waals surface area contributed by atoms with Crippen LogP contribution in [-0.2, 0) is 19.1 Å². The van der Waals surface area contributed by atoms with Crippen LogP contribution in [0.2, 0.25) is 0 Å². The van der Waals surface area contributed by atoms with Gasteiger partial charge in [0, 0.05) is 5.92 Å². The average Bonchev–Trinajstić information content (AvgIpc) is 3.11. The molecule has 1 fully saturated rings.